The molecule has 0 atom stereocenters. The van der Waals surface area contributed by atoms with Crippen LogP contribution in [0.3, 0.4) is 0 Å². The zero-order chi connectivity index (χ0) is 33.8. The van der Waals surface area contributed by atoms with Gasteiger partial charge in [-0.3, -0.25) is 0 Å². The summed E-state index contributed by atoms with van der Waals surface area (Å²) in [6.45, 7) is 2.97. The van der Waals surface area contributed by atoms with Crippen LogP contribution in [-0.2, 0) is 0 Å². The molecule has 0 amide bonds. The number of carbonyl (C=O) groups is 1. The first kappa shape index (κ1) is 36.1. The van der Waals surface area contributed by atoms with Crippen LogP contribution in [0.15, 0.2) is 111 Å². The molecule has 0 heterocycles. The van der Waals surface area contributed by atoms with E-state index in [9.17, 15) is 13.6 Å². The zero-order valence-corrected chi connectivity index (χ0v) is 27.6. The van der Waals surface area contributed by atoms with E-state index in [1.165, 1.54) is 101 Å². The van der Waals surface area contributed by atoms with Gasteiger partial charge in [0, 0.05) is 12.1 Å². The molecule has 4 rings (SSSR count). The fourth-order valence-electron chi connectivity index (χ4n) is 4.97. The molecule has 0 saturated heterocycles. The van der Waals surface area contributed by atoms with Gasteiger partial charge in [0.2, 0.25) is 0 Å². The molecule has 252 valence electrons. The minimum absolute atomic E-state index is 0.00693. The highest BCUT2D eigenvalue weighted by Gasteiger charge is 2.11. The molecular weight excluding hydrogens is 610 g/mol. The Kier molecular flexibility index (Phi) is 15.4. The van der Waals surface area contributed by atoms with E-state index in [-0.39, 0.29) is 22.7 Å². The van der Waals surface area contributed by atoms with E-state index in [1.54, 1.807) is 30.3 Å². The van der Waals surface area contributed by atoms with Gasteiger partial charge in [-0.2, -0.15) is 15.3 Å². The summed E-state index contributed by atoms with van der Waals surface area (Å²) < 4.78 is 39.0. The van der Waals surface area contributed by atoms with Crippen molar-refractivity contribution in [3.8, 4) is 11.5 Å². The number of hydrogen-bond donors (Lipinski definition) is 0. The molecule has 0 aromatic heterocycles. The van der Waals surface area contributed by atoms with E-state index in [0.717, 1.165) is 18.2 Å². The molecule has 0 fully saturated rings. The van der Waals surface area contributed by atoms with Gasteiger partial charge in [0.1, 0.15) is 23.0 Å². The lowest BCUT2D eigenvalue weighted by Crippen LogP contribution is -2.08. The van der Waals surface area contributed by atoms with E-state index >= 15 is 0 Å². The Morgan fingerprint density at radius 3 is 1.75 bits per heavy atom. The SMILES string of the molecule is CCCCCCCCCCCCCCOc1ccc(N=Nc2ccc(C(=O)Oc3ccc(N=Nc4cccc(F)c4)c(F)c3)cc2)cc1. The number of hydrogen-bond acceptors (Lipinski definition) is 7. The predicted molar refractivity (Wildman–Crippen MR) is 186 cm³/mol. The Morgan fingerprint density at radius 2 is 1.15 bits per heavy atom. The van der Waals surface area contributed by atoms with E-state index in [1.807, 2.05) is 24.3 Å². The molecule has 0 radical (unpaired) electrons. The van der Waals surface area contributed by atoms with Crippen LogP contribution in [0, 0.1) is 11.6 Å². The number of rotatable bonds is 20. The van der Waals surface area contributed by atoms with Crippen LogP contribution < -0.4 is 9.47 Å². The molecule has 7 nitrogen and oxygen atoms in total. The van der Waals surface area contributed by atoms with Crippen molar-refractivity contribution < 1.29 is 23.0 Å². The number of azo groups is 2. The van der Waals surface area contributed by atoms with Gasteiger partial charge < -0.3 is 9.47 Å². The third-order valence-electron chi connectivity index (χ3n) is 7.70. The molecule has 9 heteroatoms. The van der Waals surface area contributed by atoms with Gasteiger partial charge in [-0.15, -0.1) is 5.11 Å². The van der Waals surface area contributed by atoms with Gasteiger partial charge in [-0.25, -0.2) is 13.6 Å². The normalized spacial score (nSPS) is 11.4. The highest BCUT2D eigenvalue weighted by Crippen LogP contribution is 2.27. The van der Waals surface area contributed by atoms with Gasteiger partial charge in [0.05, 0.1) is 29.2 Å². The van der Waals surface area contributed by atoms with E-state index in [0.29, 0.717) is 18.0 Å². The average Bonchev–Trinajstić information content (AvgIpc) is 3.10. The Balaban J connectivity index is 1.13. The number of nitrogens with zero attached hydrogens (tertiary/aromatic N) is 4. The molecule has 0 unspecified atom stereocenters. The highest BCUT2D eigenvalue weighted by molar-refractivity contribution is 5.91. The van der Waals surface area contributed by atoms with Crippen molar-refractivity contribution in [2.45, 2.75) is 84.0 Å². The molecule has 0 aliphatic rings. The minimum Gasteiger partial charge on any atom is -0.494 e. The molecule has 4 aromatic carbocycles. The summed E-state index contributed by atoms with van der Waals surface area (Å²) >= 11 is 0. The van der Waals surface area contributed by atoms with E-state index in [2.05, 4.69) is 27.4 Å². The summed E-state index contributed by atoms with van der Waals surface area (Å²) in [7, 11) is 0. The zero-order valence-electron chi connectivity index (χ0n) is 27.6. The van der Waals surface area contributed by atoms with Gasteiger partial charge in [0.25, 0.3) is 0 Å². The molecule has 0 aliphatic carbocycles. The largest absolute Gasteiger partial charge is 0.494 e. The smallest absolute Gasteiger partial charge is 0.343 e. The number of esters is 1. The lowest BCUT2D eigenvalue weighted by atomic mass is 10.1. The number of ether oxygens (including phenoxy) is 2. The second-order valence-electron chi connectivity index (χ2n) is 11.7. The topological polar surface area (TPSA) is 85.0 Å². The summed E-state index contributed by atoms with van der Waals surface area (Å²) in [6, 6.07) is 23.1. The van der Waals surface area contributed by atoms with E-state index in [4.69, 9.17) is 9.47 Å². The Bertz CT molecular complexity index is 1610. The van der Waals surface area contributed by atoms with Crippen molar-refractivity contribution in [2.24, 2.45) is 20.5 Å². The maximum absolute atomic E-state index is 14.5. The van der Waals surface area contributed by atoms with Gasteiger partial charge in [-0.1, -0.05) is 83.6 Å². The predicted octanol–water partition coefficient (Wildman–Crippen LogP) is 13.1. The highest BCUT2D eigenvalue weighted by atomic mass is 19.1. The van der Waals surface area contributed by atoms with Crippen LogP contribution >= 0.6 is 0 Å². The molecule has 0 spiro atoms. The molecule has 0 bridgehead atoms. The van der Waals surface area contributed by atoms with Crippen molar-refractivity contribution in [2.75, 3.05) is 6.61 Å². The van der Waals surface area contributed by atoms with Crippen molar-refractivity contribution >= 4 is 28.7 Å². The summed E-state index contributed by atoms with van der Waals surface area (Å²) in [5.74, 6) is -1.06. The van der Waals surface area contributed by atoms with Crippen molar-refractivity contribution in [1.29, 1.82) is 0 Å². The second kappa shape index (κ2) is 20.4. The summed E-state index contributed by atoms with van der Waals surface area (Å²) in [5, 5.41) is 16.1. The van der Waals surface area contributed by atoms with Crippen molar-refractivity contribution in [3.05, 3.63) is 108 Å². The van der Waals surface area contributed by atoms with Gasteiger partial charge >= 0.3 is 5.97 Å². The Morgan fingerprint density at radius 1 is 0.583 bits per heavy atom. The molecule has 0 aliphatic heterocycles. The van der Waals surface area contributed by atoms with Crippen molar-refractivity contribution in [1.82, 2.24) is 0 Å². The monoisotopic (exact) mass is 654 g/mol. The lowest BCUT2D eigenvalue weighted by molar-refractivity contribution is 0.0734. The Labute approximate surface area is 282 Å². The third-order valence-corrected chi connectivity index (χ3v) is 7.70. The first-order chi connectivity index (χ1) is 23.5. The number of halogens is 2. The Hall–Kier alpha value is -4.79. The maximum Gasteiger partial charge on any atom is 0.343 e. The number of carbonyl (C=O) groups excluding carboxylic acids is 1. The average molecular weight is 655 g/mol. The summed E-state index contributed by atoms with van der Waals surface area (Å²) in [6.07, 6.45) is 15.8. The van der Waals surface area contributed by atoms with Gasteiger partial charge in [0.15, 0.2) is 5.82 Å². The van der Waals surface area contributed by atoms with E-state index < -0.39 is 17.6 Å². The molecule has 0 N–H and O–H groups in total. The van der Waals surface area contributed by atoms with Crippen LogP contribution in [0.5, 0.6) is 11.5 Å². The fraction of sp³-hybridized carbons (Fsp3) is 0.359. The first-order valence-corrected chi connectivity index (χ1v) is 16.9. The molecular formula is C39H44F2N4O3. The first-order valence-electron chi connectivity index (χ1n) is 16.9. The lowest BCUT2D eigenvalue weighted by Gasteiger charge is -2.06. The summed E-state index contributed by atoms with van der Waals surface area (Å²) in [4.78, 5) is 12.6. The third kappa shape index (κ3) is 13.1. The maximum atomic E-state index is 14.5. The summed E-state index contributed by atoms with van der Waals surface area (Å²) in [5.41, 5.74) is 1.66. The van der Waals surface area contributed by atoms with Gasteiger partial charge in [-0.05, 0) is 79.2 Å². The van der Waals surface area contributed by atoms with Crippen LogP contribution in [0.2, 0.25) is 0 Å². The minimum atomic E-state index is -0.740. The number of benzene rings is 4. The van der Waals surface area contributed by atoms with Crippen molar-refractivity contribution in [3.63, 3.8) is 0 Å². The molecule has 4 aromatic rings. The van der Waals surface area contributed by atoms with Crippen LogP contribution in [-0.4, -0.2) is 12.6 Å². The fourth-order valence-corrected chi connectivity index (χ4v) is 4.97. The van der Waals surface area contributed by atoms with Crippen LogP contribution in [0.25, 0.3) is 0 Å². The quantitative estimate of drug-likeness (QED) is 0.0411. The van der Waals surface area contributed by atoms with Crippen LogP contribution in [0.1, 0.15) is 94.3 Å². The molecule has 48 heavy (non-hydrogen) atoms. The standard InChI is InChI=1S/C39H44F2N4O3/c1-2-3-4-5-6-7-8-9-10-11-12-13-27-47-35-23-21-33(22-24-35)43-42-32-19-17-30(18-20-32)39(46)48-36-25-26-38(37(41)29-36)45-44-34-16-14-15-31(40)28-34/h14-26,28-29H,2-13,27H2,1H3. The van der Waals surface area contributed by atoms with Crippen LogP contribution in [0.4, 0.5) is 31.5 Å². The number of unbranched alkanes of at least 4 members (excludes halogenated alkanes) is 11. The second-order valence-corrected chi connectivity index (χ2v) is 11.7. The molecule has 0 saturated carbocycles.